The molecule has 1 aliphatic rings. The maximum Gasteiger partial charge on any atom is 0.250 e. The molecule has 0 aromatic carbocycles. The van der Waals surface area contributed by atoms with E-state index in [1.165, 1.54) is 38.5 Å². The molecular weight excluding hydrogens is 264 g/mol. The molecular formula is C15H29ClO3. The smallest absolute Gasteiger partial charge is 0.250 e. The molecule has 0 aliphatic carbocycles. The van der Waals surface area contributed by atoms with Gasteiger partial charge in [-0.1, -0.05) is 57.0 Å². The van der Waals surface area contributed by atoms with Gasteiger partial charge in [0.1, 0.15) is 0 Å². The molecule has 2 atom stereocenters. The molecule has 3 nitrogen and oxygen atoms in total. The van der Waals surface area contributed by atoms with Crippen LogP contribution in [0.2, 0.25) is 0 Å². The van der Waals surface area contributed by atoms with E-state index >= 15 is 0 Å². The number of ether oxygens (including phenoxy) is 3. The third kappa shape index (κ3) is 6.44. The Balaban J connectivity index is 2.28. The summed E-state index contributed by atoms with van der Waals surface area (Å²) in [6.07, 6.45) is 10.1. The highest BCUT2D eigenvalue weighted by molar-refractivity contribution is 6.22. The van der Waals surface area contributed by atoms with Crippen molar-refractivity contribution in [3.8, 4) is 0 Å². The average molecular weight is 293 g/mol. The number of methoxy groups -OCH3 is 2. The quantitative estimate of drug-likeness (QED) is 0.232. The summed E-state index contributed by atoms with van der Waals surface area (Å²) >= 11 is 6.41. The summed E-state index contributed by atoms with van der Waals surface area (Å²) in [5.41, 5.74) is 0. The van der Waals surface area contributed by atoms with Crippen LogP contribution in [0.5, 0.6) is 0 Å². The predicted octanol–water partition coefficient (Wildman–Crippen LogP) is 4.33. The van der Waals surface area contributed by atoms with E-state index in [9.17, 15) is 0 Å². The van der Waals surface area contributed by atoms with Crippen LogP contribution in [0.3, 0.4) is 0 Å². The second-order valence-electron chi connectivity index (χ2n) is 5.44. The molecule has 114 valence electrons. The van der Waals surface area contributed by atoms with E-state index in [0.29, 0.717) is 6.10 Å². The van der Waals surface area contributed by atoms with Gasteiger partial charge in [-0.25, -0.2) is 0 Å². The van der Waals surface area contributed by atoms with Crippen LogP contribution in [0.4, 0.5) is 0 Å². The molecule has 2 unspecified atom stereocenters. The van der Waals surface area contributed by atoms with E-state index in [0.717, 1.165) is 19.4 Å². The van der Waals surface area contributed by atoms with Crippen LogP contribution in [0.15, 0.2) is 0 Å². The summed E-state index contributed by atoms with van der Waals surface area (Å²) in [6.45, 7) is 3.10. The molecule has 0 amide bonds. The maximum atomic E-state index is 6.41. The highest BCUT2D eigenvalue weighted by Crippen LogP contribution is 2.37. The van der Waals surface area contributed by atoms with Gasteiger partial charge in [0.05, 0.1) is 12.7 Å². The Labute approximate surface area is 122 Å². The normalized spacial score (nSPS) is 20.5. The summed E-state index contributed by atoms with van der Waals surface area (Å²) < 4.78 is 16.0. The summed E-state index contributed by atoms with van der Waals surface area (Å²) in [7, 11) is 3.22. The Morgan fingerprint density at radius 1 is 1.16 bits per heavy atom. The van der Waals surface area contributed by atoms with E-state index in [-0.39, 0.29) is 5.92 Å². The number of rotatable bonds is 12. The standard InChI is InChI=1S/C15H29ClO3/c1-4-5-6-7-8-9-10-13(11-14-12-19-14)15(16,17-2)18-3/h13-14H,4-12H2,1-3H3. The highest BCUT2D eigenvalue weighted by atomic mass is 35.5. The molecule has 1 fully saturated rings. The van der Waals surface area contributed by atoms with Crippen LogP contribution in [0.1, 0.15) is 58.3 Å². The SMILES string of the molecule is CCCCCCCCC(CC1CO1)C(Cl)(OC)OC. The molecule has 19 heavy (non-hydrogen) atoms. The van der Waals surface area contributed by atoms with Gasteiger partial charge in [0.15, 0.2) is 0 Å². The zero-order valence-electron chi connectivity index (χ0n) is 12.6. The van der Waals surface area contributed by atoms with Gasteiger partial charge in [-0.2, -0.15) is 0 Å². The molecule has 1 aliphatic heterocycles. The van der Waals surface area contributed by atoms with Gasteiger partial charge >= 0.3 is 0 Å². The first kappa shape index (κ1) is 17.2. The van der Waals surface area contributed by atoms with E-state index < -0.39 is 5.25 Å². The first-order chi connectivity index (χ1) is 9.16. The monoisotopic (exact) mass is 292 g/mol. The third-order valence-corrected chi connectivity index (χ3v) is 4.52. The van der Waals surface area contributed by atoms with Crippen LogP contribution in [-0.2, 0) is 14.2 Å². The van der Waals surface area contributed by atoms with Crippen molar-refractivity contribution in [2.75, 3.05) is 20.8 Å². The molecule has 0 saturated carbocycles. The Hall–Kier alpha value is 0.170. The van der Waals surface area contributed by atoms with Crippen LogP contribution in [0.25, 0.3) is 0 Å². The molecule has 4 heteroatoms. The number of epoxide rings is 1. The molecule has 0 bridgehead atoms. The fraction of sp³-hybridized carbons (Fsp3) is 1.00. The largest absolute Gasteiger partial charge is 0.373 e. The van der Waals surface area contributed by atoms with Crippen molar-refractivity contribution in [3.63, 3.8) is 0 Å². The van der Waals surface area contributed by atoms with E-state index in [1.54, 1.807) is 14.2 Å². The van der Waals surface area contributed by atoms with Gasteiger partial charge in [-0.15, -0.1) is 0 Å². The van der Waals surface area contributed by atoms with E-state index in [4.69, 9.17) is 25.8 Å². The second kappa shape index (κ2) is 9.17. The van der Waals surface area contributed by atoms with Crippen molar-refractivity contribution in [1.29, 1.82) is 0 Å². The summed E-state index contributed by atoms with van der Waals surface area (Å²) in [4.78, 5) is 0. The molecule has 0 N–H and O–H groups in total. The Bertz CT molecular complexity index is 227. The molecule has 1 saturated heterocycles. The fourth-order valence-electron chi connectivity index (χ4n) is 2.54. The molecule has 0 radical (unpaired) electrons. The number of unbranched alkanes of at least 4 members (excludes halogenated alkanes) is 5. The lowest BCUT2D eigenvalue weighted by Crippen LogP contribution is -2.37. The minimum atomic E-state index is -0.991. The average Bonchev–Trinajstić information content (AvgIpc) is 3.24. The van der Waals surface area contributed by atoms with Crippen molar-refractivity contribution < 1.29 is 14.2 Å². The van der Waals surface area contributed by atoms with Crippen LogP contribution in [0, 0.1) is 5.92 Å². The lowest BCUT2D eigenvalue weighted by Gasteiger charge is -2.32. The van der Waals surface area contributed by atoms with E-state index in [1.807, 2.05) is 0 Å². The van der Waals surface area contributed by atoms with Gasteiger partial charge < -0.3 is 14.2 Å². The summed E-state index contributed by atoms with van der Waals surface area (Å²) in [5.74, 6) is 0.197. The number of alkyl halides is 1. The zero-order chi connectivity index (χ0) is 14.1. The Kier molecular flexibility index (Phi) is 8.31. The maximum absolute atomic E-state index is 6.41. The van der Waals surface area contributed by atoms with Crippen molar-refractivity contribution in [1.82, 2.24) is 0 Å². The first-order valence-electron chi connectivity index (χ1n) is 7.57. The minimum absolute atomic E-state index is 0.197. The lowest BCUT2D eigenvalue weighted by molar-refractivity contribution is -0.180. The Morgan fingerprint density at radius 3 is 2.26 bits per heavy atom. The molecule has 0 aromatic heterocycles. The van der Waals surface area contributed by atoms with Crippen LogP contribution < -0.4 is 0 Å². The molecule has 0 spiro atoms. The molecule has 1 rings (SSSR count). The molecule has 1 heterocycles. The topological polar surface area (TPSA) is 31.0 Å². The number of hydrogen-bond acceptors (Lipinski definition) is 3. The molecule has 0 aromatic rings. The van der Waals surface area contributed by atoms with Crippen molar-refractivity contribution in [2.24, 2.45) is 5.92 Å². The van der Waals surface area contributed by atoms with Gasteiger partial charge in [0.2, 0.25) is 0 Å². The zero-order valence-corrected chi connectivity index (χ0v) is 13.4. The number of hydrogen-bond donors (Lipinski definition) is 0. The Morgan fingerprint density at radius 2 is 1.74 bits per heavy atom. The minimum Gasteiger partial charge on any atom is -0.373 e. The lowest BCUT2D eigenvalue weighted by atomic mass is 9.94. The van der Waals surface area contributed by atoms with Gasteiger partial charge in [0.25, 0.3) is 5.25 Å². The fourth-order valence-corrected chi connectivity index (χ4v) is 2.74. The third-order valence-electron chi connectivity index (χ3n) is 3.90. The predicted molar refractivity (Wildman–Crippen MR) is 78.4 cm³/mol. The summed E-state index contributed by atoms with van der Waals surface area (Å²) in [6, 6.07) is 0. The van der Waals surface area contributed by atoms with Crippen molar-refractivity contribution in [3.05, 3.63) is 0 Å². The van der Waals surface area contributed by atoms with E-state index in [2.05, 4.69) is 6.92 Å². The van der Waals surface area contributed by atoms with Gasteiger partial charge in [-0.05, 0) is 12.8 Å². The van der Waals surface area contributed by atoms with Gasteiger partial charge in [0, 0.05) is 20.1 Å². The van der Waals surface area contributed by atoms with Crippen LogP contribution in [-0.4, -0.2) is 32.2 Å². The van der Waals surface area contributed by atoms with Crippen molar-refractivity contribution >= 4 is 11.6 Å². The highest BCUT2D eigenvalue weighted by Gasteiger charge is 2.41. The first-order valence-corrected chi connectivity index (χ1v) is 7.94. The second-order valence-corrected chi connectivity index (χ2v) is 5.96. The summed E-state index contributed by atoms with van der Waals surface area (Å²) in [5, 5.41) is -0.991. The number of halogens is 1. The van der Waals surface area contributed by atoms with Crippen LogP contribution >= 0.6 is 11.6 Å². The van der Waals surface area contributed by atoms with Crippen molar-refractivity contribution in [2.45, 2.75) is 69.6 Å². The van der Waals surface area contributed by atoms with Gasteiger partial charge in [-0.3, -0.25) is 0 Å².